The van der Waals surface area contributed by atoms with Crippen molar-refractivity contribution in [3.05, 3.63) is 60.6 Å². The Kier molecular flexibility index (Phi) is 5.41. The molecule has 2 fully saturated rings. The normalized spacial score (nSPS) is 21.4. The average Bonchev–Trinajstić information content (AvgIpc) is 3.42. The van der Waals surface area contributed by atoms with Crippen LogP contribution in [0.1, 0.15) is 37.3 Å². The number of benzene rings is 1. The number of rotatable bonds is 4. The van der Waals surface area contributed by atoms with Crippen LogP contribution in [0, 0.1) is 5.41 Å². The Balaban J connectivity index is 1.46. The first kappa shape index (κ1) is 23.4. The van der Waals surface area contributed by atoms with Gasteiger partial charge in [0.15, 0.2) is 21.4 Å². The van der Waals surface area contributed by atoms with E-state index in [4.69, 9.17) is 21.9 Å². The molecule has 0 aliphatic carbocycles. The summed E-state index contributed by atoms with van der Waals surface area (Å²) in [6.45, 7) is 0. The number of anilines is 1. The number of nitrogen functional groups attached to an aromatic ring is 1. The van der Waals surface area contributed by atoms with Crippen molar-refractivity contribution in [2.45, 2.75) is 48.6 Å². The number of sulfone groups is 1. The number of piperidine rings is 1. The predicted octanol–water partition coefficient (Wildman–Crippen LogP) is 3.05. The number of nitrogens with one attached hydrogen (secondary N) is 1. The van der Waals surface area contributed by atoms with Crippen LogP contribution < -0.4 is 11.5 Å². The maximum Gasteiger partial charge on any atom is 0.188 e. The number of nitrogens with zero attached hydrogens (tertiary/aromatic N) is 5. The van der Waals surface area contributed by atoms with E-state index in [1.54, 1.807) is 12.4 Å². The van der Waals surface area contributed by atoms with Crippen molar-refractivity contribution in [3.8, 4) is 22.4 Å². The highest BCUT2D eigenvalue weighted by atomic mass is 32.2. The van der Waals surface area contributed by atoms with Crippen LogP contribution in [0.3, 0.4) is 0 Å². The SMILES string of the molecule is CS(=O)(=O)c1c(C2C[C@H]3CC[C@@H](C2)N3C(=N)N)nc2c(-c3ccc(-c4ccccc4)nc3)cnn2c1N. The number of aromatic nitrogens is 4. The predicted molar refractivity (Wildman–Crippen MR) is 142 cm³/mol. The molecule has 190 valence electrons. The van der Waals surface area contributed by atoms with E-state index in [-0.39, 0.29) is 34.7 Å². The minimum Gasteiger partial charge on any atom is -0.382 e. The first-order valence-electron chi connectivity index (χ1n) is 12.2. The van der Waals surface area contributed by atoms with Gasteiger partial charge in [-0.3, -0.25) is 10.4 Å². The van der Waals surface area contributed by atoms with Gasteiger partial charge >= 0.3 is 0 Å². The summed E-state index contributed by atoms with van der Waals surface area (Å²) in [4.78, 5) is 11.5. The van der Waals surface area contributed by atoms with E-state index in [0.29, 0.717) is 24.2 Å². The molecule has 0 saturated carbocycles. The lowest BCUT2D eigenvalue weighted by Crippen LogP contribution is -2.49. The van der Waals surface area contributed by atoms with Gasteiger partial charge in [0.25, 0.3) is 0 Å². The third-order valence-corrected chi connectivity index (χ3v) is 8.74. The minimum atomic E-state index is -3.68. The standard InChI is InChI=1S/C26H28N8O2S/c1-37(35,36)23-22(17-11-18-8-9-19(12-17)33(18)26(28)29)32-25-20(14-31-34(25)24(23)27)16-7-10-21(30-13-16)15-5-3-2-4-6-15/h2-7,10,13-14,17-19H,8-9,11-12,27H2,1H3,(H3,28,29)/t17?,18-,19+. The molecule has 0 spiro atoms. The second-order valence-corrected chi connectivity index (χ2v) is 11.9. The maximum absolute atomic E-state index is 12.9. The highest BCUT2D eigenvalue weighted by Crippen LogP contribution is 2.45. The average molecular weight is 517 g/mol. The molecule has 0 radical (unpaired) electrons. The van der Waals surface area contributed by atoms with Crippen molar-refractivity contribution >= 4 is 27.3 Å². The van der Waals surface area contributed by atoms with Crippen molar-refractivity contribution in [1.82, 2.24) is 24.5 Å². The number of nitrogens with two attached hydrogens (primary N) is 2. The van der Waals surface area contributed by atoms with Gasteiger partial charge in [-0.25, -0.2) is 13.4 Å². The molecule has 2 bridgehead atoms. The molecule has 6 rings (SSSR count). The zero-order valence-electron chi connectivity index (χ0n) is 20.4. The molecule has 37 heavy (non-hydrogen) atoms. The van der Waals surface area contributed by atoms with Gasteiger partial charge in [0.2, 0.25) is 0 Å². The summed E-state index contributed by atoms with van der Waals surface area (Å²) in [7, 11) is -3.68. The Morgan fingerprint density at radius 3 is 2.32 bits per heavy atom. The second-order valence-electron chi connectivity index (χ2n) is 9.92. The molecule has 4 aromatic rings. The summed E-state index contributed by atoms with van der Waals surface area (Å²) < 4.78 is 27.3. The first-order valence-corrected chi connectivity index (χ1v) is 14.1. The maximum atomic E-state index is 12.9. The van der Waals surface area contributed by atoms with Crippen LogP contribution in [0.25, 0.3) is 28.0 Å². The van der Waals surface area contributed by atoms with Crippen LogP contribution in [0.4, 0.5) is 5.82 Å². The fourth-order valence-electron chi connectivity index (χ4n) is 6.00. The summed E-state index contributed by atoms with van der Waals surface area (Å²) in [5, 5.41) is 12.4. The Labute approximate surface area is 214 Å². The summed E-state index contributed by atoms with van der Waals surface area (Å²) >= 11 is 0. The van der Waals surface area contributed by atoms with Gasteiger partial charge in [-0.2, -0.15) is 9.61 Å². The molecule has 0 amide bonds. The molecule has 3 atom stereocenters. The lowest BCUT2D eigenvalue weighted by Gasteiger charge is -2.39. The van der Waals surface area contributed by atoms with Crippen molar-refractivity contribution < 1.29 is 8.42 Å². The van der Waals surface area contributed by atoms with Gasteiger partial charge in [0.1, 0.15) is 10.7 Å². The van der Waals surface area contributed by atoms with Gasteiger partial charge < -0.3 is 16.4 Å². The minimum absolute atomic E-state index is 0.0351. The lowest BCUT2D eigenvalue weighted by molar-refractivity contribution is 0.208. The highest BCUT2D eigenvalue weighted by molar-refractivity contribution is 7.91. The first-order chi connectivity index (χ1) is 17.7. The van der Waals surface area contributed by atoms with E-state index in [0.717, 1.165) is 41.5 Å². The van der Waals surface area contributed by atoms with Crippen LogP contribution in [0.15, 0.2) is 59.8 Å². The molecule has 2 aliphatic rings. The van der Waals surface area contributed by atoms with Crippen LogP contribution in [-0.4, -0.2) is 57.2 Å². The van der Waals surface area contributed by atoms with Crippen LogP contribution in [-0.2, 0) is 9.84 Å². The monoisotopic (exact) mass is 516 g/mol. The second kappa shape index (κ2) is 8.55. The van der Waals surface area contributed by atoms with Gasteiger partial charge in [-0.1, -0.05) is 36.4 Å². The zero-order chi connectivity index (χ0) is 25.9. The number of hydrogen-bond acceptors (Lipinski definition) is 7. The highest BCUT2D eigenvalue weighted by Gasteiger charge is 2.44. The number of fused-ring (bicyclic) bond motifs is 3. The molecule has 3 aromatic heterocycles. The van der Waals surface area contributed by atoms with Crippen molar-refractivity contribution in [2.24, 2.45) is 5.73 Å². The molecule has 10 nitrogen and oxygen atoms in total. The van der Waals surface area contributed by atoms with Gasteiger partial charge in [0, 0.05) is 47.1 Å². The summed E-state index contributed by atoms with van der Waals surface area (Å²) in [5.41, 5.74) is 16.7. The molecule has 1 unspecified atom stereocenters. The topological polar surface area (TPSA) is 156 Å². The third kappa shape index (κ3) is 3.90. The fourth-order valence-corrected chi connectivity index (χ4v) is 7.06. The molecular weight excluding hydrogens is 488 g/mol. The molecule has 1 aromatic carbocycles. The van der Waals surface area contributed by atoms with Crippen LogP contribution in [0.2, 0.25) is 0 Å². The quantitative estimate of drug-likeness (QED) is 0.276. The Morgan fingerprint density at radius 2 is 1.73 bits per heavy atom. The van der Waals surface area contributed by atoms with Gasteiger partial charge in [-0.15, -0.1) is 0 Å². The van der Waals surface area contributed by atoms with E-state index in [2.05, 4.69) is 10.1 Å². The molecule has 5 N–H and O–H groups in total. The van der Waals surface area contributed by atoms with Gasteiger partial charge in [0.05, 0.1) is 17.6 Å². The summed E-state index contributed by atoms with van der Waals surface area (Å²) in [6.07, 6.45) is 7.75. The lowest BCUT2D eigenvalue weighted by atomic mass is 9.88. The molecular formula is C26H28N8O2S. The van der Waals surface area contributed by atoms with Crippen molar-refractivity contribution in [2.75, 3.05) is 12.0 Å². The van der Waals surface area contributed by atoms with Crippen LogP contribution >= 0.6 is 0 Å². The third-order valence-electron chi connectivity index (χ3n) is 7.58. The molecule has 5 heterocycles. The van der Waals surface area contributed by atoms with Crippen LogP contribution in [0.5, 0.6) is 0 Å². The summed E-state index contributed by atoms with van der Waals surface area (Å²) in [5.74, 6) is 0.0113. The van der Waals surface area contributed by atoms with E-state index >= 15 is 0 Å². The zero-order valence-corrected chi connectivity index (χ0v) is 21.2. The van der Waals surface area contributed by atoms with E-state index in [1.807, 2.05) is 47.4 Å². The summed E-state index contributed by atoms with van der Waals surface area (Å²) in [6, 6.07) is 14.0. The number of pyridine rings is 1. The Bertz CT molecular complexity index is 1600. The van der Waals surface area contributed by atoms with Crippen molar-refractivity contribution in [3.63, 3.8) is 0 Å². The smallest absolute Gasteiger partial charge is 0.188 e. The van der Waals surface area contributed by atoms with Crippen molar-refractivity contribution in [1.29, 1.82) is 5.41 Å². The largest absolute Gasteiger partial charge is 0.382 e. The molecule has 2 saturated heterocycles. The number of hydrogen-bond donors (Lipinski definition) is 3. The van der Waals surface area contributed by atoms with E-state index in [1.165, 1.54) is 4.52 Å². The Hall–Kier alpha value is -3.99. The fraction of sp³-hybridized carbons (Fsp3) is 0.308. The molecule has 2 aliphatic heterocycles. The Morgan fingerprint density at radius 1 is 1.03 bits per heavy atom. The van der Waals surface area contributed by atoms with E-state index in [9.17, 15) is 8.42 Å². The van der Waals surface area contributed by atoms with Gasteiger partial charge in [-0.05, 0) is 31.7 Å². The number of guanidine groups is 1. The van der Waals surface area contributed by atoms with E-state index < -0.39 is 9.84 Å². The molecule has 11 heteroatoms.